The number of amides is 3. The third-order valence-corrected chi connectivity index (χ3v) is 1.90. The molecule has 1 aromatic rings. The number of anilines is 2. The summed E-state index contributed by atoms with van der Waals surface area (Å²) in [7, 11) is 0. The Morgan fingerprint density at radius 3 is 2.39 bits per heavy atom. The fourth-order valence-corrected chi connectivity index (χ4v) is 1.28. The topological polar surface area (TPSA) is 75.4 Å². The Morgan fingerprint density at radius 1 is 1.33 bits per heavy atom. The Balaban J connectivity index is 3.04. The predicted molar refractivity (Wildman–Crippen MR) is 58.6 cm³/mol. The van der Waals surface area contributed by atoms with Gasteiger partial charge in [0.05, 0.1) is 5.69 Å². The van der Waals surface area contributed by atoms with Gasteiger partial charge in [0.1, 0.15) is 0 Å². The van der Waals surface area contributed by atoms with Crippen LogP contribution >= 0.6 is 0 Å². The van der Waals surface area contributed by atoms with E-state index in [2.05, 4.69) is 0 Å². The first-order chi connectivity index (χ1) is 8.20. The van der Waals surface area contributed by atoms with E-state index >= 15 is 0 Å². The Hall–Kier alpha value is -2.25. The van der Waals surface area contributed by atoms with Gasteiger partial charge in [-0.1, -0.05) is 6.07 Å². The third-order valence-electron chi connectivity index (χ3n) is 1.90. The number of hydrogen-bond donors (Lipinski definition) is 2. The average Bonchev–Trinajstić information content (AvgIpc) is 2.13. The molecule has 0 aromatic heterocycles. The minimum atomic E-state index is -4.91. The molecular formula is C10H10F3N3O2. The lowest BCUT2D eigenvalue weighted by molar-refractivity contribution is -0.145. The second kappa shape index (κ2) is 4.94. The molecule has 0 unspecified atom stereocenters. The standard InChI is InChI=1S/C10H10F3N3O2/c1-6(17)16(9(18)15-10(11,12)13)8-4-2-3-7(14)5-8/h2-5H,14H2,1H3,(H,15,18). The van der Waals surface area contributed by atoms with E-state index in [0.717, 1.165) is 12.2 Å². The maximum absolute atomic E-state index is 12.0. The molecule has 98 valence electrons. The van der Waals surface area contributed by atoms with E-state index in [0.29, 0.717) is 4.90 Å². The van der Waals surface area contributed by atoms with Crippen molar-refractivity contribution in [3.05, 3.63) is 24.3 Å². The Labute approximate surface area is 100 Å². The molecule has 3 amide bonds. The first-order valence-corrected chi connectivity index (χ1v) is 4.76. The van der Waals surface area contributed by atoms with Crippen molar-refractivity contribution in [3.63, 3.8) is 0 Å². The quantitative estimate of drug-likeness (QED) is 0.598. The molecule has 0 heterocycles. The molecule has 18 heavy (non-hydrogen) atoms. The number of urea groups is 1. The first-order valence-electron chi connectivity index (χ1n) is 4.76. The van der Waals surface area contributed by atoms with Gasteiger partial charge in [-0.05, 0) is 18.2 Å². The molecule has 0 bridgehead atoms. The summed E-state index contributed by atoms with van der Waals surface area (Å²) in [5, 5.41) is 0.744. The van der Waals surface area contributed by atoms with E-state index in [-0.39, 0.29) is 11.4 Å². The number of hydrogen-bond acceptors (Lipinski definition) is 3. The van der Waals surface area contributed by atoms with E-state index in [4.69, 9.17) is 5.73 Å². The lowest BCUT2D eigenvalue weighted by Crippen LogP contribution is -2.48. The maximum Gasteiger partial charge on any atom is 0.485 e. The highest BCUT2D eigenvalue weighted by atomic mass is 19.4. The molecule has 0 aliphatic carbocycles. The number of nitrogen functional groups attached to an aromatic ring is 1. The summed E-state index contributed by atoms with van der Waals surface area (Å²) < 4.78 is 36.1. The number of alkyl halides is 3. The van der Waals surface area contributed by atoms with Gasteiger partial charge in [-0.25, -0.2) is 15.0 Å². The van der Waals surface area contributed by atoms with Gasteiger partial charge in [0, 0.05) is 12.6 Å². The van der Waals surface area contributed by atoms with Crippen molar-refractivity contribution >= 4 is 23.3 Å². The number of nitrogens with two attached hydrogens (primary N) is 1. The number of carbonyl (C=O) groups excluding carboxylic acids is 2. The summed E-state index contributed by atoms with van der Waals surface area (Å²) in [5.74, 6) is -0.859. The van der Waals surface area contributed by atoms with E-state index in [1.807, 2.05) is 0 Å². The molecule has 1 rings (SSSR count). The molecule has 0 radical (unpaired) electrons. The van der Waals surface area contributed by atoms with E-state index < -0.39 is 18.2 Å². The summed E-state index contributed by atoms with van der Waals surface area (Å²) >= 11 is 0. The monoisotopic (exact) mass is 261 g/mol. The van der Waals surface area contributed by atoms with Crippen LogP contribution < -0.4 is 16.0 Å². The third kappa shape index (κ3) is 3.65. The minimum Gasteiger partial charge on any atom is -0.399 e. The van der Waals surface area contributed by atoms with Gasteiger partial charge in [0.15, 0.2) is 0 Å². The van der Waals surface area contributed by atoms with Gasteiger partial charge in [0.2, 0.25) is 5.91 Å². The lowest BCUT2D eigenvalue weighted by atomic mass is 10.2. The number of nitrogens with zero attached hydrogens (tertiary/aromatic N) is 1. The van der Waals surface area contributed by atoms with Crippen LogP contribution in [0.2, 0.25) is 0 Å². The number of benzene rings is 1. The largest absolute Gasteiger partial charge is 0.485 e. The van der Waals surface area contributed by atoms with Gasteiger partial charge >= 0.3 is 12.3 Å². The van der Waals surface area contributed by atoms with Crippen molar-refractivity contribution in [3.8, 4) is 0 Å². The van der Waals surface area contributed by atoms with Crippen LogP contribution in [0.5, 0.6) is 0 Å². The van der Waals surface area contributed by atoms with Crippen molar-refractivity contribution in [1.29, 1.82) is 0 Å². The summed E-state index contributed by atoms with van der Waals surface area (Å²) in [5.41, 5.74) is 5.62. The minimum absolute atomic E-state index is 0.0377. The zero-order valence-electron chi connectivity index (χ0n) is 9.28. The van der Waals surface area contributed by atoms with Crippen LogP contribution in [0.1, 0.15) is 6.92 Å². The summed E-state index contributed by atoms with van der Waals surface area (Å²) in [6, 6.07) is 3.83. The molecule has 0 saturated carbocycles. The normalized spacial score (nSPS) is 10.9. The highest BCUT2D eigenvalue weighted by Gasteiger charge is 2.34. The van der Waals surface area contributed by atoms with Gasteiger partial charge in [-0.15, -0.1) is 0 Å². The van der Waals surface area contributed by atoms with Crippen molar-refractivity contribution in [2.75, 3.05) is 10.6 Å². The fourth-order valence-electron chi connectivity index (χ4n) is 1.28. The van der Waals surface area contributed by atoms with E-state index in [1.54, 1.807) is 0 Å². The molecule has 0 saturated heterocycles. The molecule has 5 nitrogen and oxygen atoms in total. The number of carbonyl (C=O) groups is 2. The van der Waals surface area contributed by atoms with Gasteiger partial charge < -0.3 is 5.73 Å². The Bertz CT molecular complexity index is 474. The van der Waals surface area contributed by atoms with Gasteiger partial charge in [-0.2, -0.15) is 13.2 Å². The highest BCUT2D eigenvalue weighted by molar-refractivity contribution is 6.13. The molecule has 0 fully saturated rings. The molecule has 8 heteroatoms. The van der Waals surface area contributed by atoms with Crippen LogP contribution in [-0.4, -0.2) is 18.2 Å². The van der Waals surface area contributed by atoms with E-state index in [9.17, 15) is 22.8 Å². The van der Waals surface area contributed by atoms with Crippen LogP contribution in [0.4, 0.5) is 29.3 Å². The summed E-state index contributed by atoms with van der Waals surface area (Å²) in [6.45, 7) is 0.971. The van der Waals surface area contributed by atoms with Crippen LogP contribution in [0.25, 0.3) is 0 Å². The molecule has 0 aliphatic heterocycles. The van der Waals surface area contributed by atoms with Crippen molar-refractivity contribution in [2.24, 2.45) is 0 Å². The molecule has 0 spiro atoms. The van der Waals surface area contributed by atoms with Crippen molar-refractivity contribution in [1.82, 2.24) is 5.32 Å². The maximum atomic E-state index is 12.0. The smallest absolute Gasteiger partial charge is 0.399 e. The zero-order chi connectivity index (χ0) is 13.9. The number of halogens is 3. The molecular weight excluding hydrogens is 251 g/mol. The first kappa shape index (κ1) is 13.8. The Kier molecular flexibility index (Phi) is 3.79. The van der Waals surface area contributed by atoms with Gasteiger partial charge in [-0.3, -0.25) is 4.79 Å². The average molecular weight is 261 g/mol. The van der Waals surface area contributed by atoms with Gasteiger partial charge in [0.25, 0.3) is 0 Å². The van der Waals surface area contributed by atoms with Crippen molar-refractivity contribution in [2.45, 2.75) is 13.2 Å². The summed E-state index contributed by atoms with van der Waals surface area (Å²) in [6.07, 6.45) is -4.91. The molecule has 0 aliphatic rings. The lowest BCUT2D eigenvalue weighted by Gasteiger charge is -2.20. The van der Waals surface area contributed by atoms with E-state index in [1.165, 1.54) is 24.3 Å². The number of rotatable bonds is 1. The van der Waals surface area contributed by atoms with Crippen LogP contribution in [0.15, 0.2) is 24.3 Å². The van der Waals surface area contributed by atoms with Crippen LogP contribution in [-0.2, 0) is 4.79 Å². The number of imide groups is 1. The molecule has 0 atom stereocenters. The fraction of sp³-hybridized carbons (Fsp3) is 0.200. The summed E-state index contributed by atoms with van der Waals surface area (Å²) in [4.78, 5) is 22.9. The van der Waals surface area contributed by atoms with Crippen LogP contribution in [0.3, 0.4) is 0 Å². The Morgan fingerprint density at radius 2 is 1.94 bits per heavy atom. The molecule has 1 aromatic carbocycles. The second-order valence-corrected chi connectivity index (χ2v) is 3.38. The highest BCUT2D eigenvalue weighted by Crippen LogP contribution is 2.19. The van der Waals surface area contributed by atoms with Crippen molar-refractivity contribution < 1.29 is 22.8 Å². The predicted octanol–water partition coefficient (Wildman–Crippen LogP) is 1.85. The molecule has 3 N–H and O–H groups in total. The van der Waals surface area contributed by atoms with Crippen LogP contribution in [0, 0.1) is 0 Å². The number of nitrogens with one attached hydrogen (secondary N) is 1. The second-order valence-electron chi connectivity index (χ2n) is 3.38. The SMILES string of the molecule is CC(=O)N(C(=O)NC(F)(F)F)c1cccc(N)c1. The zero-order valence-corrected chi connectivity index (χ0v) is 9.28.